The molecule has 1 aromatic heterocycles. The van der Waals surface area contributed by atoms with Gasteiger partial charge in [-0.3, -0.25) is 4.57 Å². The second-order valence-electron chi connectivity index (χ2n) is 6.55. The van der Waals surface area contributed by atoms with Gasteiger partial charge in [-0.05, 0) is 42.7 Å². The van der Waals surface area contributed by atoms with E-state index in [2.05, 4.69) is 39.0 Å². The molecule has 0 saturated carbocycles. The van der Waals surface area contributed by atoms with Crippen molar-refractivity contribution in [3.8, 4) is 17.1 Å². The van der Waals surface area contributed by atoms with Gasteiger partial charge < -0.3 is 9.47 Å². The van der Waals surface area contributed by atoms with Crippen molar-refractivity contribution in [3.63, 3.8) is 0 Å². The number of thioether (sulfide) groups is 1. The van der Waals surface area contributed by atoms with Crippen LogP contribution in [0.3, 0.4) is 0 Å². The Hall–Kier alpha value is -2.31. The molecule has 1 atom stereocenters. The van der Waals surface area contributed by atoms with Gasteiger partial charge in [0.15, 0.2) is 11.0 Å². The smallest absolute Gasteiger partial charge is 0.191 e. The summed E-state index contributed by atoms with van der Waals surface area (Å²) in [7, 11) is 1.67. The fraction of sp³-hybridized carbons (Fsp3) is 0.333. The Morgan fingerprint density at radius 2 is 1.93 bits per heavy atom. The Bertz CT molecular complexity index is 859. The van der Waals surface area contributed by atoms with E-state index in [-0.39, 0.29) is 6.10 Å². The predicted molar refractivity (Wildman–Crippen MR) is 107 cm³/mol. The topological polar surface area (TPSA) is 49.2 Å². The maximum Gasteiger partial charge on any atom is 0.191 e. The fourth-order valence-electron chi connectivity index (χ4n) is 3.23. The van der Waals surface area contributed by atoms with Crippen molar-refractivity contribution in [3.05, 3.63) is 60.2 Å². The van der Waals surface area contributed by atoms with Crippen molar-refractivity contribution in [2.45, 2.75) is 36.4 Å². The predicted octanol–water partition coefficient (Wildman–Crippen LogP) is 4.43. The van der Waals surface area contributed by atoms with E-state index in [0.29, 0.717) is 0 Å². The summed E-state index contributed by atoms with van der Waals surface area (Å²) in [4.78, 5) is 0. The molecule has 5 nitrogen and oxygen atoms in total. The molecule has 1 aliphatic heterocycles. The molecule has 4 rings (SSSR count). The summed E-state index contributed by atoms with van der Waals surface area (Å²) in [6.45, 7) is 1.63. The number of aromatic nitrogens is 3. The van der Waals surface area contributed by atoms with E-state index in [4.69, 9.17) is 9.47 Å². The van der Waals surface area contributed by atoms with Crippen molar-refractivity contribution in [2.75, 3.05) is 13.7 Å². The Morgan fingerprint density at radius 1 is 1.11 bits per heavy atom. The van der Waals surface area contributed by atoms with Gasteiger partial charge in [-0.25, -0.2) is 0 Å². The molecule has 6 heteroatoms. The number of hydrogen-bond acceptors (Lipinski definition) is 5. The normalized spacial score (nSPS) is 16.6. The highest BCUT2D eigenvalue weighted by molar-refractivity contribution is 7.98. The van der Waals surface area contributed by atoms with Crippen LogP contribution < -0.4 is 4.74 Å². The van der Waals surface area contributed by atoms with Gasteiger partial charge in [-0.2, -0.15) is 0 Å². The third-order valence-electron chi connectivity index (χ3n) is 4.69. The van der Waals surface area contributed by atoms with Crippen LogP contribution in [0.1, 0.15) is 18.4 Å². The van der Waals surface area contributed by atoms with Gasteiger partial charge in [0.25, 0.3) is 0 Å². The van der Waals surface area contributed by atoms with Crippen LogP contribution in [0.5, 0.6) is 5.75 Å². The lowest BCUT2D eigenvalue weighted by Gasteiger charge is -2.15. The first kappa shape index (κ1) is 18.1. The fourth-order valence-corrected chi connectivity index (χ4v) is 4.13. The van der Waals surface area contributed by atoms with Crippen LogP contribution in [-0.4, -0.2) is 34.6 Å². The van der Waals surface area contributed by atoms with Gasteiger partial charge in [-0.15, -0.1) is 10.2 Å². The first-order chi connectivity index (χ1) is 13.3. The maximum atomic E-state index is 5.87. The third-order valence-corrected chi connectivity index (χ3v) is 5.72. The maximum absolute atomic E-state index is 5.87. The molecule has 140 valence electrons. The molecule has 2 heterocycles. The van der Waals surface area contributed by atoms with Crippen molar-refractivity contribution in [1.82, 2.24) is 14.8 Å². The van der Waals surface area contributed by atoms with Gasteiger partial charge in [0.2, 0.25) is 0 Å². The average molecular weight is 382 g/mol. The zero-order chi connectivity index (χ0) is 18.5. The largest absolute Gasteiger partial charge is 0.497 e. The summed E-state index contributed by atoms with van der Waals surface area (Å²) in [6.07, 6.45) is 2.44. The van der Waals surface area contributed by atoms with E-state index in [0.717, 1.165) is 54.0 Å². The summed E-state index contributed by atoms with van der Waals surface area (Å²) < 4.78 is 13.3. The first-order valence-electron chi connectivity index (χ1n) is 9.19. The lowest BCUT2D eigenvalue weighted by atomic mass is 10.2. The highest BCUT2D eigenvalue weighted by Crippen LogP contribution is 2.29. The molecular weight excluding hydrogens is 358 g/mol. The molecule has 0 radical (unpaired) electrons. The third kappa shape index (κ3) is 4.34. The van der Waals surface area contributed by atoms with Gasteiger partial charge in [0.05, 0.1) is 19.8 Å². The van der Waals surface area contributed by atoms with Crippen LogP contribution in [0, 0.1) is 0 Å². The van der Waals surface area contributed by atoms with E-state index in [9.17, 15) is 0 Å². The molecule has 0 amide bonds. The molecule has 0 N–H and O–H groups in total. The first-order valence-corrected chi connectivity index (χ1v) is 10.2. The molecule has 0 spiro atoms. The van der Waals surface area contributed by atoms with Crippen LogP contribution in [-0.2, 0) is 17.0 Å². The van der Waals surface area contributed by atoms with Crippen molar-refractivity contribution < 1.29 is 9.47 Å². The van der Waals surface area contributed by atoms with Crippen LogP contribution in [0.2, 0.25) is 0 Å². The highest BCUT2D eigenvalue weighted by Gasteiger charge is 2.21. The summed E-state index contributed by atoms with van der Waals surface area (Å²) in [5, 5.41) is 9.90. The van der Waals surface area contributed by atoms with E-state index in [1.54, 1.807) is 18.9 Å². The van der Waals surface area contributed by atoms with E-state index in [1.165, 1.54) is 5.56 Å². The van der Waals surface area contributed by atoms with Crippen LogP contribution in [0.25, 0.3) is 11.4 Å². The highest BCUT2D eigenvalue weighted by atomic mass is 32.2. The van der Waals surface area contributed by atoms with Crippen LogP contribution >= 0.6 is 11.8 Å². The number of methoxy groups -OCH3 is 1. The molecule has 1 aliphatic rings. The minimum atomic E-state index is 0.231. The van der Waals surface area contributed by atoms with Crippen LogP contribution in [0.15, 0.2) is 59.8 Å². The molecule has 3 aromatic rings. The second-order valence-corrected chi connectivity index (χ2v) is 7.50. The molecule has 0 aliphatic carbocycles. The SMILES string of the molecule is COc1ccc(-c2nnc(SCc3ccccc3)n2C[C@@H]2CCCO2)cc1. The quantitative estimate of drug-likeness (QED) is 0.567. The number of hydrogen-bond donors (Lipinski definition) is 0. The monoisotopic (exact) mass is 381 g/mol. The van der Waals surface area contributed by atoms with Crippen molar-refractivity contribution >= 4 is 11.8 Å². The zero-order valence-electron chi connectivity index (χ0n) is 15.4. The summed E-state index contributed by atoms with van der Waals surface area (Å²) in [5.74, 6) is 2.58. The Kier molecular flexibility index (Phi) is 5.75. The summed E-state index contributed by atoms with van der Waals surface area (Å²) in [6, 6.07) is 18.4. The molecule has 2 aromatic carbocycles. The number of ether oxygens (including phenoxy) is 2. The standard InChI is InChI=1S/C21H23N3O2S/c1-25-18-11-9-17(10-12-18)20-22-23-21(24(20)14-19-8-5-13-26-19)27-15-16-6-3-2-4-7-16/h2-4,6-7,9-12,19H,5,8,13-15H2,1H3/t19-/m0/s1. The molecule has 0 bridgehead atoms. The van der Waals surface area contributed by atoms with Gasteiger partial charge in [0.1, 0.15) is 5.75 Å². The van der Waals surface area contributed by atoms with Gasteiger partial charge >= 0.3 is 0 Å². The summed E-state index contributed by atoms with van der Waals surface area (Å²) in [5.41, 5.74) is 2.31. The molecular formula is C21H23N3O2S. The lowest BCUT2D eigenvalue weighted by Crippen LogP contribution is -2.16. The van der Waals surface area contributed by atoms with E-state index >= 15 is 0 Å². The van der Waals surface area contributed by atoms with Crippen molar-refractivity contribution in [1.29, 1.82) is 0 Å². The minimum absolute atomic E-state index is 0.231. The molecule has 0 unspecified atom stereocenters. The zero-order valence-corrected chi connectivity index (χ0v) is 16.2. The van der Waals surface area contributed by atoms with Crippen LogP contribution in [0.4, 0.5) is 0 Å². The summed E-state index contributed by atoms with van der Waals surface area (Å²) >= 11 is 1.72. The second kappa shape index (κ2) is 8.59. The van der Waals surface area contributed by atoms with E-state index in [1.807, 2.05) is 30.3 Å². The number of nitrogens with zero attached hydrogens (tertiary/aromatic N) is 3. The Morgan fingerprint density at radius 3 is 2.63 bits per heavy atom. The number of benzene rings is 2. The minimum Gasteiger partial charge on any atom is -0.497 e. The molecule has 27 heavy (non-hydrogen) atoms. The van der Waals surface area contributed by atoms with Gasteiger partial charge in [0, 0.05) is 17.9 Å². The number of rotatable bonds is 7. The molecule has 1 fully saturated rings. The Labute approximate surface area is 163 Å². The average Bonchev–Trinajstić information content (AvgIpc) is 3.38. The lowest BCUT2D eigenvalue weighted by molar-refractivity contribution is 0.0953. The molecule has 1 saturated heterocycles. The van der Waals surface area contributed by atoms with Gasteiger partial charge in [-0.1, -0.05) is 42.1 Å². The van der Waals surface area contributed by atoms with Crippen molar-refractivity contribution in [2.24, 2.45) is 0 Å². The Balaban J connectivity index is 1.60. The van der Waals surface area contributed by atoms with E-state index < -0.39 is 0 Å².